The molecule has 0 spiro atoms. The molecule has 2 aromatic heterocycles. The van der Waals surface area contributed by atoms with Gasteiger partial charge in [0.25, 0.3) is 0 Å². The predicted molar refractivity (Wildman–Crippen MR) is 112 cm³/mol. The summed E-state index contributed by atoms with van der Waals surface area (Å²) in [5.74, 6) is 6.50. The van der Waals surface area contributed by atoms with Crippen molar-refractivity contribution in [2.75, 3.05) is 31.2 Å². The van der Waals surface area contributed by atoms with Gasteiger partial charge in [-0.25, -0.2) is 4.98 Å². The molecule has 0 aliphatic carbocycles. The number of thiophene rings is 1. The van der Waals surface area contributed by atoms with Crippen molar-refractivity contribution in [3.05, 3.63) is 57.9 Å². The first-order chi connectivity index (χ1) is 13.7. The molecule has 1 aromatic carbocycles. The lowest BCUT2D eigenvalue weighted by molar-refractivity contribution is 0.112. The topological polar surface area (TPSA) is 47.4 Å². The number of hydrogen-bond acceptors (Lipinski definition) is 5. The van der Waals surface area contributed by atoms with E-state index in [9.17, 15) is 4.79 Å². The molecular weight excluding hydrogens is 394 g/mol. The molecule has 3 aromatic rings. The van der Waals surface area contributed by atoms with E-state index in [1.807, 2.05) is 35.9 Å². The molecule has 0 amide bonds. The number of anilines is 1. The van der Waals surface area contributed by atoms with Crippen molar-refractivity contribution in [3.63, 3.8) is 0 Å². The van der Waals surface area contributed by atoms with Crippen LogP contribution in [-0.2, 0) is 11.8 Å². The fourth-order valence-electron chi connectivity index (χ4n) is 3.16. The maximum Gasteiger partial charge on any atom is 0.160 e. The number of morpholine rings is 1. The van der Waals surface area contributed by atoms with Gasteiger partial charge in [0.1, 0.15) is 10.7 Å². The van der Waals surface area contributed by atoms with Crippen molar-refractivity contribution < 1.29 is 9.53 Å². The number of ether oxygens (including phenoxy) is 1. The molecule has 142 valence electrons. The Labute approximate surface area is 172 Å². The number of aromatic nitrogens is 2. The van der Waals surface area contributed by atoms with Crippen LogP contribution in [0.2, 0.25) is 5.02 Å². The third-order valence-corrected chi connectivity index (χ3v) is 6.10. The van der Waals surface area contributed by atoms with E-state index in [1.54, 1.807) is 12.5 Å². The van der Waals surface area contributed by atoms with Crippen LogP contribution in [0.1, 0.15) is 20.9 Å². The summed E-state index contributed by atoms with van der Waals surface area (Å²) in [6.45, 7) is 2.84. The zero-order valence-electron chi connectivity index (χ0n) is 15.3. The summed E-state index contributed by atoms with van der Waals surface area (Å²) in [6.07, 6.45) is 4.33. The van der Waals surface area contributed by atoms with Gasteiger partial charge in [0.15, 0.2) is 6.29 Å². The minimum absolute atomic E-state index is 0.598. The largest absolute Gasteiger partial charge is 0.378 e. The number of benzene rings is 1. The van der Waals surface area contributed by atoms with Crippen molar-refractivity contribution in [1.82, 2.24) is 9.55 Å². The molecule has 3 heterocycles. The van der Waals surface area contributed by atoms with Crippen molar-refractivity contribution in [2.45, 2.75) is 0 Å². The second-order valence-electron chi connectivity index (χ2n) is 6.36. The van der Waals surface area contributed by atoms with Crippen molar-refractivity contribution in [2.24, 2.45) is 7.05 Å². The number of rotatable bonds is 3. The van der Waals surface area contributed by atoms with E-state index in [-0.39, 0.29) is 0 Å². The third kappa shape index (κ3) is 3.57. The molecule has 0 radical (unpaired) electrons. The highest BCUT2D eigenvalue weighted by atomic mass is 35.5. The molecule has 1 saturated heterocycles. The molecule has 0 bridgehead atoms. The van der Waals surface area contributed by atoms with Crippen molar-refractivity contribution in [1.29, 1.82) is 0 Å². The van der Waals surface area contributed by atoms with Crippen LogP contribution in [0.4, 0.5) is 5.00 Å². The van der Waals surface area contributed by atoms with E-state index < -0.39 is 0 Å². The third-order valence-electron chi connectivity index (χ3n) is 4.60. The van der Waals surface area contributed by atoms with Gasteiger partial charge in [-0.15, -0.1) is 11.3 Å². The summed E-state index contributed by atoms with van der Waals surface area (Å²) < 4.78 is 7.35. The lowest BCUT2D eigenvalue weighted by Crippen LogP contribution is -2.36. The minimum Gasteiger partial charge on any atom is -0.378 e. The summed E-state index contributed by atoms with van der Waals surface area (Å²) >= 11 is 7.93. The van der Waals surface area contributed by atoms with Crippen LogP contribution in [0.5, 0.6) is 0 Å². The lowest BCUT2D eigenvalue weighted by atomic mass is 10.0. The van der Waals surface area contributed by atoms with E-state index >= 15 is 0 Å². The first-order valence-corrected chi connectivity index (χ1v) is 10.1. The molecule has 0 unspecified atom stereocenters. The van der Waals surface area contributed by atoms with E-state index in [1.165, 1.54) is 11.3 Å². The van der Waals surface area contributed by atoms with Gasteiger partial charge in [0.2, 0.25) is 0 Å². The highest BCUT2D eigenvalue weighted by molar-refractivity contribution is 7.18. The summed E-state index contributed by atoms with van der Waals surface area (Å²) in [4.78, 5) is 18.9. The Morgan fingerprint density at radius 1 is 1.25 bits per heavy atom. The normalized spacial score (nSPS) is 13.9. The van der Waals surface area contributed by atoms with Gasteiger partial charge >= 0.3 is 0 Å². The first kappa shape index (κ1) is 18.8. The Morgan fingerprint density at radius 3 is 2.71 bits per heavy atom. The Hall–Kier alpha value is -2.59. The SMILES string of the molecule is Cn1cncc1C#Cc1c(N2CCOCC2)sc(C=O)c1-c1ccccc1Cl. The average molecular weight is 412 g/mol. The van der Waals surface area contributed by atoms with E-state index in [4.69, 9.17) is 16.3 Å². The second kappa shape index (κ2) is 8.19. The maximum atomic E-state index is 11.9. The number of imidazole rings is 1. The standard InChI is InChI=1S/C21H18ClN3O2S/c1-24-14-23-12-15(24)6-7-17-20(16-4-2-3-5-18(16)22)19(13-26)28-21(17)25-8-10-27-11-9-25/h2-5,12-14H,8-11H2,1H3. The van der Waals surface area contributed by atoms with Gasteiger partial charge in [0.05, 0.1) is 36.2 Å². The van der Waals surface area contributed by atoms with E-state index in [0.717, 1.165) is 46.8 Å². The molecule has 0 N–H and O–H groups in total. The number of carbonyl (C=O) groups is 1. The lowest BCUT2D eigenvalue weighted by Gasteiger charge is -2.28. The zero-order chi connectivity index (χ0) is 19.5. The molecule has 0 saturated carbocycles. The average Bonchev–Trinajstić information content (AvgIpc) is 3.30. The van der Waals surface area contributed by atoms with Crippen LogP contribution < -0.4 is 4.90 Å². The van der Waals surface area contributed by atoms with Crippen LogP contribution in [0.3, 0.4) is 0 Å². The number of aldehydes is 1. The number of hydrogen-bond donors (Lipinski definition) is 0. The van der Waals surface area contributed by atoms with Gasteiger partial charge in [-0.05, 0) is 12.0 Å². The van der Waals surface area contributed by atoms with Crippen molar-refractivity contribution in [3.8, 4) is 23.0 Å². The Bertz CT molecular complexity index is 1070. The van der Waals surface area contributed by atoms with Gasteiger partial charge in [-0.2, -0.15) is 0 Å². The molecular formula is C21H18ClN3O2S. The summed E-state index contributed by atoms with van der Waals surface area (Å²) in [6, 6.07) is 7.55. The fraction of sp³-hybridized carbons (Fsp3) is 0.238. The second-order valence-corrected chi connectivity index (χ2v) is 7.80. The fourth-order valence-corrected chi connectivity index (χ4v) is 4.53. The molecule has 7 heteroatoms. The highest BCUT2D eigenvalue weighted by Gasteiger charge is 2.24. The van der Waals surface area contributed by atoms with Gasteiger partial charge < -0.3 is 14.2 Å². The van der Waals surface area contributed by atoms with Crippen molar-refractivity contribution >= 4 is 34.2 Å². The molecule has 4 rings (SSSR count). The van der Waals surface area contributed by atoms with Crippen LogP contribution >= 0.6 is 22.9 Å². The monoisotopic (exact) mass is 411 g/mol. The quantitative estimate of drug-likeness (QED) is 0.485. The predicted octanol–water partition coefficient (Wildman–Crippen LogP) is 3.85. The molecule has 5 nitrogen and oxygen atoms in total. The maximum absolute atomic E-state index is 11.9. The zero-order valence-corrected chi connectivity index (χ0v) is 16.9. The van der Waals surface area contributed by atoms with Crippen LogP contribution in [-0.4, -0.2) is 42.1 Å². The van der Waals surface area contributed by atoms with Gasteiger partial charge in [-0.3, -0.25) is 4.79 Å². The van der Waals surface area contributed by atoms with E-state index in [0.29, 0.717) is 23.1 Å². The number of nitrogens with zero attached hydrogens (tertiary/aromatic N) is 3. The number of carbonyl (C=O) groups excluding carboxylic acids is 1. The Morgan fingerprint density at radius 2 is 2.04 bits per heavy atom. The van der Waals surface area contributed by atoms with Crippen LogP contribution in [0.15, 0.2) is 36.8 Å². The number of aryl methyl sites for hydroxylation is 1. The highest BCUT2D eigenvalue weighted by Crippen LogP contribution is 2.43. The summed E-state index contributed by atoms with van der Waals surface area (Å²) in [5, 5.41) is 1.58. The Balaban J connectivity index is 1.92. The van der Waals surface area contributed by atoms with E-state index in [2.05, 4.69) is 21.7 Å². The van der Waals surface area contributed by atoms with Gasteiger partial charge in [0, 0.05) is 36.3 Å². The first-order valence-electron chi connectivity index (χ1n) is 8.87. The van der Waals surface area contributed by atoms with Gasteiger partial charge in [-0.1, -0.05) is 35.7 Å². The van der Waals surface area contributed by atoms with Crippen LogP contribution in [0, 0.1) is 11.8 Å². The molecule has 1 fully saturated rings. The van der Waals surface area contributed by atoms with Crippen LogP contribution in [0.25, 0.3) is 11.1 Å². The molecule has 0 atom stereocenters. The molecule has 1 aliphatic rings. The smallest absolute Gasteiger partial charge is 0.160 e. The summed E-state index contributed by atoms with van der Waals surface area (Å²) in [5.41, 5.74) is 3.23. The minimum atomic E-state index is 0.598. The molecule has 28 heavy (non-hydrogen) atoms. The molecule has 1 aliphatic heterocycles. The Kier molecular flexibility index (Phi) is 5.49. The summed E-state index contributed by atoms with van der Waals surface area (Å²) in [7, 11) is 1.90. The number of halogens is 1.